The Morgan fingerprint density at radius 1 is 1.10 bits per heavy atom. The van der Waals surface area contributed by atoms with Crippen molar-refractivity contribution in [2.24, 2.45) is 0 Å². The van der Waals surface area contributed by atoms with Gasteiger partial charge in [0.05, 0.1) is 11.3 Å². The first-order valence-corrected chi connectivity index (χ1v) is 9.87. The van der Waals surface area contributed by atoms with Crippen LogP contribution in [0.3, 0.4) is 0 Å². The molecule has 2 aromatic carbocycles. The van der Waals surface area contributed by atoms with E-state index in [1.807, 2.05) is 25.1 Å². The van der Waals surface area contributed by atoms with E-state index in [1.54, 1.807) is 30.3 Å². The maximum Gasteiger partial charge on any atom is 0.275 e. The minimum atomic E-state index is -0.635. The normalized spacial score (nSPS) is 17.7. The lowest BCUT2D eigenvalue weighted by atomic mass is 10.0. The number of hydrogen-bond acceptors (Lipinski definition) is 5. The summed E-state index contributed by atoms with van der Waals surface area (Å²) in [5.74, 6) is -2.08. The highest BCUT2D eigenvalue weighted by atomic mass is 32.1. The number of carbonyl (C=O) groups excluding carboxylic acids is 4. The summed E-state index contributed by atoms with van der Waals surface area (Å²) in [6.07, 6.45) is 0. The fourth-order valence-corrected chi connectivity index (χ4v) is 3.99. The second-order valence-electron chi connectivity index (χ2n) is 7.16. The van der Waals surface area contributed by atoms with Gasteiger partial charge in [0, 0.05) is 18.2 Å². The molecule has 2 heterocycles. The molecule has 0 saturated carbocycles. The second kappa shape index (κ2) is 7.77. The van der Waals surface area contributed by atoms with E-state index in [0.717, 1.165) is 10.5 Å². The van der Waals surface area contributed by atoms with E-state index in [1.165, 1.54) is 11.8 Å². The quantitative estimate of drug-likeness (QED) is 0.568. The molecule has 0 aliphatic carbocycles. The van der Waals surface area contributed by atoms with Crippen LogP contribution in [0.5, 0.6) is 0 Å². The SMILES string of the molecule is CC(=O)N1C(=S)NC(=O)/C1=C1/C(=O)N(CC(=O)Nc2cccc(C)c2)c2ccccc21. The fraction of sp³-hybridized carbons (Fsp3) is 0.136. The summed E-state index contributed by atoms with van der Waals surface area (Å²) in [4.78, 5) is 52.9. The number of amides is 4. The van der Waals surface area contributed by atoms with Gasteiger partial charge in [-0.2, -0.15) is 0 Å². The zero-order valence-corrected chi connectivity index (χ0v) is 17.6. The van der Waals surface area contributed by atoms with Crippen LogP contribution in [0, 0.1) is 6.92 Å². The van der Waals surface area contributed by atoms with Gasteiger partial charge in [0.2, 0.25) is 11.8 Å². The van der Waals surface area contributed by atoms with Gasteiger partial charge in [0.25, 0.3) is 11.8 Å². The number of nitrogens with one attached hydrogen (secondary N) is 2. The first-order valence-electron chi connectivity index (χ1n) is 9.46. The van der Waals surface area contributed by atoms with Crippen LogP contribution in [-0.4, -0.2) is 40.2 Å². The van der Waals surface area contributed by atoms with E-state index in [9.17, 15) is 19.2 Å². The summed E-state index contributed by atoms with van der Waals surface area (Å²) in [5.41, 5.74) is 2.44. The van der Waals surface area contributed by atoms with Crippen LogP contribution in [0.4, 0.5) is 11.4 Å². The number of hydrogen-bond donors (Lipinski definition) is 2. The summed E-state index contributed by atoms with van der Waals surface area (Å²) in [6, 6.07) is 14.1. The van der Waals surface area contributed by atoms with Crippen LogP contribution in [0.25, 0.3) is 5.57 Å². The molecule has 156 valence electrons. The van der Waals surface area contributed by atoms with Crippen molar-refractivity contribution in [3.05, 3.63) is 65.4 Å². The van der Waals surface area contributed by atoms with Crippen LogP contribution in [0.15, 0.2) is 54.2 Å². The molecule has 0 bridgehead atoms. The summed E-state index contributed by atoms with van der Waals surface area (Å²) in [6.45, 7) is 2.91. The number of benzene rings is 2. The van der Waals surface area contributed by atoms with Gasteiger partial charge < -0.3 is 5.32 Å². The van der Waals surface area contributed by atoms with Gasteiger partial charge in [-0.15, -0.1) is 0 Å². The molecule has 0 spiro atoms. The summed E-state index contributed by atoms with van der Waals surface area (Å²) < 4.78 is 0. The fourth-order valence-electron chi connectivity index (χ4n) is 3.67. The molecule has 9 heteroatoms. The number of anilines is 2. The molecule has 0 unspecified atom stereocenters. The monoisotopic (exact) mass is 434 g/mol. The number of carbonyl (C=O) groups is 4. The first-order chi connectivity index (χ1) is 14.8. The summed E-state index contributed by atoms with van der Waals surface area (Å²) >= 11 is 5.08. The van der Waals surface area contributed by atoms with E-state index >= 15 is 0 Å². The van der Waals surface area contributed by atoms with Gasteiger partial charge in [-0.25, -0.2) is 0 Å². The van der Waals surface area contributed by atoms with Crippen molar-refractivity contribution in [3.63, 3.8) is 0 Å². The standard InChI is InChI=1S/C22H18N4O4S/c1-12-6-5-7-14(10-12)23-17(28)11-25-16-9-4-3-8-15(16)18(21(25)30)19-20(29)24-22(31)26(19)13(2)27/h3-10H,11H2,1-2H3,(H,23,28)(H,24,29,31)/b19-18-. The molecule has 2 N–H and O–H groups in total. The molecular weight excluding hydrogens is 416 g/mol. The second-order valence-corrected chi connectivity index (χ2v) is 7.55. The lowest BCUT2D eigenvalue weighted by Crippen LogP contribution is -2.36. The van der Waals surface area contributed by atoms with Gasteiger partial charge >= 0.3 is 0 Å². The van der Waals surface area contributed by atoms with Crippen LogP contribution in [-0.2, 0) is 19.2 Å². The highest BCUT2D eigenvalue weighted by molar-refractivity contribution is 7.80. The topological polar surface area (TPSA) is 98.8 Å². The average molecular weight is 434 g/mol. The van der Waals surface area contributed by atoms with Crippen LogP contribution in [0.1, 0.15) is 18.1 Å². The molecule has 31 heavy (non-hydrogen) atoms. The summed E-state index contributed by atoms with van der Waals surface area (Å²) in [5, 5.41) is 5.10. The Hall–Kier alpha value is -3.85. The molecule has 0 aromatic heterocycles. The Morgan fingerprint density at radius 3 is 2.55 bits per heavy atom. The Labute approximate surface area is 183 Å². The predicted molar refractivity (Wildman–Crippen MR) is 119 cm³/mol. The number of nitrogens with zero attached hydrogens (tertiary/aromatic N) is 2. The van der Waals surface area contributed by atoms with Crippen LogP contribution < -0.4 is 15.5 Å². The van der Waals surface area contributed by atoms with E-state index < -0.39 is 23.6 Å². The Morgan fingerprint density at radius 2 is 1.84 bits per heavy atom. The maximum absolute atomic E-state index is 13.3. The molecule has 0 atom stereocenters. The molecule has 4 amide bonds. The van der Waals surface area contributed by atoms with Crippen molar-refractivity contribution in [1.29, 1.82) is 0 Å². The Bertz CT molecular complexity index is 1200. The van der Waals surface area contributed by atoms with Crippen molar-refractivity contribution in [3.8, 4) is 0 Å². The molecule has 0 radical (unpaired) electrons. The molecule has 4 rings (SSSR count). The van der Waals surface area contributed by atoms with Crippen molar-refractivity contribution in [2.45, 2.75) is 13.8 Å². The highest BCUT2D eigenvalue weighted by Gasteiger charge is 2.43. The predicted octanol–water partition coefficient (Wildman–Crippen LogP) is 1.95. The van der Waals surface area contributed by atoms with Gasteiger partial charge in [-0.1, -0.05) is 30.3 Å². The third-order valence-corrected chi connectivity index (χ3v) is 5.23. The number of thiocarbonyl (C=S) groups is 1. The highest BCUT2D eigenvalue weighted by Crippen LogP contribution is 2.40. The van der Waals surface area contributed by atoms with Crippen LogP contribution >= 0.6 is 12.2 Å². The minimum Gasteiger partial charge on any atom is -0.325 e. The van der Waals surface area contributed by atoms with Gasteiger partial charge in [0.1, 0.15) is 12.2 Å². The minimum absolute atomic E-state index is 0.0338. The third kappa shape index (κ3) is 3.59. The smallest absolute Gasteiger partial charge is 0.275 e. The van der Waals surface area contributed by atoms with E-state index in [0.29, 0.717) is 16.9 Å². The molecular formula is C22H18N4O4S. The lowest BCUT2D eigenvalue weighted by molar-refractivity contribution is -0.125. The van der Waals surface area contributed by atoms with Gasteiger partial charge in [0.15, 0.2) is 5.11 Å². The molecule has 2 aromatic rings. The van der Waals surface area contributed by atoms with E-state index in [2.05, 4.69) is 10.6 Å². The summed E-state index contributed by atoms with van der Waals surface area (Å²) in [7, 11) is 0. The zero-order chi connectivity index (χ0) is 22.3. The Balaban J connectivity index is 1.71. The number of rotatable bonds is 3. The molecule has 2 aliphatic heterocycles. The van der Waals surface area contributed by atoms with Crippen molar-refractivity contribution in [2.75, 3.05) is 16.8 Å². The Kier molecular flexibility index (Phi) is 5.12. The number of para-hydroxylation sites is 1. The van der Waals surface area contributed by atoms with Crippen molar-refractivity contribution in [1.82, 2.24) is 10.2 Å². The van der Waals surface area contributed by atoms with Crippen molar-refractivity contribution < 1.29 is 19.2 Å². The number of aryl methyl sites for hydroxylation is 1. The molecule has 8 nitrogen and oxygen atoms in total. The molecule has 1 fully saturated rings. The largest absolute Gasteiger partial charge is 0.325 e. The number of fused-ring (bicyclic) bond motifs is 1. The van der Waals surface area contributed by atoms with Crippen molar-refractivity contribution >= 4 is 57.9 Å². The van der Waals surface area contributed by atoms with E-state index in [-0.39, 0.29) is 22.9 Å². The zero-order valence-electron chi connectivity index (χ0n) is 16.8. The lowest BCUT2D eigenvalue weighted by Gasteiger charge is -2.17. The van der Waals surface area contributed by atoms with Gasteiger partial charge in [-0.3, -0.25) is 34.3 Å². The van der Waals surface area contributed by atoms with E-state index in [4.69, 9.17) is 12.2 Å². The maximum atomic E-state index is 13.3. The average Bonchev–Trinajstić information content (AvgIpc) is 3.14. The third-order valence-electron chi connectivity index (χ3n) is 4.94. The first kappa shape index (κ1) is 20.4. The van der Waals surface area contributed by atoms with Crippen LogP contribution in [0.2, 0.25) is 0 Å². The van der Waals surface area contributed by atoms with Gasteiger partial charge in [-0.05, 0) is 42.9 Å². The molecule has 1 saturated heterocycles. The molecule has 2 aliphatic rings.